The minimum atomic E-state index is -0.389. The van der Waals surface area contributed by atoms with Crippen molar-refractivity contribution in [1.82, 2.24) is 0 Å². The average molecular weight is 282 g/mol. The Morgan fingerprint density at radius 3 is 1.90 bits per heavy atom. The molecule has 1 aliphatic rings. The van der Waals surface area contributed by atoms with Crippen molar-refractivity contribution in [3.05, 3.63) is 58.1 Å². The lowest BCUT2D eigenvalue weighted by molar-refractivity contribution is 0.0975. The largest absolute Gasteiger partial charge is 0.507 e. The predicted molar refractivity (Wildman–Crippen MR) is 77.2 cm³/mol. The van der Waals surface area contributed by atoms with Gasteiger partial charge >= 0.3 is 0 Å². The summed E-state index contributed by atoms with van der Waals surface area (Å²) < 4.78 is 0. The van der Waals surface area contributed by atoms with Crippen molar-refractivity contribution in [2.45, 2.75) is 19.8 Å². The van der Waals surface area contributed by atoms with E-state index in [0.717, 1.165) is 6.07 Å². The molecule has 0 heterocycles. The van der Waals surface area contributed by atoms with E-state index in [0.29, 0.717) is 11.1 Å². The number of ketones is 2. The second-order valence-corrected chi connectivity index (χ2v) is 5.44. The Morgan fingerprint density at radius 1 is 0.857 bits per heavy atom. The van der Waals surface area contributed by atoms with E-state index in [9.17, 15) is 19.8 Å². The lowest BCUT2D eigenvalue weighted by atomic mass is 9.79. The first kappa shape index (κ1) is 13.4. The van der Waals surface area contributed by atoms with Crippen LogP contribution in [0.5, 0.6) is 11.5 Å². The van der Waals surface area contributed by atoms with E-state index in [1.54, 1.807) is 24.3 Å². The Hall–Kier alpha value is -2.62. The van der Waals surface area contributed by atoms with Gasteiger partial charge in [0.15, 0.2) is 11.6 Å². The van der Waals surface area contributed by atoms with Crippen molar-refractivity contribution in [1.29, 1.82) is 0 Å². The van der Waals surface area contributed by atoms with Crippen LogP contribution in [0.2, 0.25) is 0 Å². The summed E-state index contributed by atoms with van der Waals surface area (Å²) in [7, 11) is 0. The monoisotopic (exact) mass is 282 g/mol. The molecule has 0 saturated carbocycles. The van der Waals surface area contributed by atoms with Crippen LogP contribution < -0.4 is 0 Å². The minimum absolute atomic E-state index is 0.0137. The summed E-state index contributed by atoms with van der Waals surface area (Å²) in [6.45, 7) is 3.65. The molecule has 0 aromatic heterocycles. The predicted octanol–water partition coefficient (Wildman–Crippen LogP) is 3.00. The number of rotatable bonds is 1. The number of hydrogen-bond acceptors (Lipinski definition) is 4. The van der Waals surface area contributed by atoms with Gasteiger partial charge in [-0.15, -0.1) is 0 Å². The average Bonchev–Trinajstić information content (AvgIpc) is 2.43. The van der Waals surface area contributed by atoms with Gasteiger partial charge in [-0.1, -0.05) is 38.1 Å². The molecule has 0 spiro atoms. The van der Waals surface area contributed by atoms with Crippen LogP contribution in [0.15, 0.2) is 30.3 Å². The highest BCUT2D eigenvalue weighted by atomic mass is 16.3. The molecule has 0 saturated heterocycles. The van der Waals surface area contributed by atoms with Crippen LogP contribution in [0.3, 0.4) is 0 Å². The molecule has 2 N–H and O–H groups in total. The van der Waals surface area contributed by atoms with Crippen molar-refractivity contribution in [2.24, 2.45) is 0 Å². The second-order valence-electron chi connectivity index (χ2n) is 5.44. The van der Waals surface area contributed by atoms with Crippen LogP contribution in [0.25, 0.3) is 0 Å². The maximum absolute atomic E-state index is 12.7. The second kappa shape index (κ2) is 4.45. The Bertz CT molecular complexity index is 788. The SMILES string of the molecule is CC(C)c1c(O)cc(O)c2c1C(=O)c1ccccc1C2=O. The summed E-state index contributed by atoms with van der Waals surface area (Å²) in [5.74, 6) is -1.41. The molecule has 0 radical (unpaired) electrons. The number of carbonyl (C=O) groups excluding carboxylic acids is 2. The van der Waals surface area contributed by atoms with Crippen molar-refractivity contribution in [3.8, 4) is 11.5 Å². The third-order valence-corrected chi connectivity index (χ3v) is 3.77. The molecule has 4 nitrogen and oxygen atoms in total. The van der Waals surface area contributed by atoms with Gasteiger partial charge in [0.05, 0.1) is 5.56 Å². The molecule has 4 heteroatoms. The molecule has 0 aliphatic heterocycles. The maximum atomic E-state index is 12.7. The Labute approximate surface area is 121 Å². The Morgan fingerprint density at radius 2 is 1.38 bits per heavy atom. The van der Waals surface area contributed by atoms with E-state index in [4.69, 9.17) is 0 Å². The number of phenolic OH excluding ortho intramolecular Hbond substituents is 2. The van der Waals surface area contributed by atoms with Crippen molar-refractivity contribution < 1.29 is 19.8 Å². The number of aromatic hydroxyl groups is 2. The number of fused-ring (bicyclic) bond motifs is 2. The normalized spacial score (nSPS) is 13.3. The first-order valence-corrected chi connectivity index (χ1v) is 6.70. The highest BCUT2D eigenvalue weighted by Crippen LogP contribution is 2.41. The third kappa shape index (κ3) is 1.76. The summed E-state index contributed by atoms with van der Waals surface area (Å²) in [5, 5.41) is 20.1. The van der Waals surface area contributed by atoms with Gasteiger partial charge in [-0.3, -0.25) is 9.59 Å². The number of phenols is 2. The lowest BCUT2D eigenvalue weighted by Gasteiger charge is -2.23. The molecule has 106 valence electrons. The van der Waals surface area contributed by atoms with Crippen molar-refractivity contribution in [2.75, 3.05) is 0 Å². The van der Waals surface area contributed by atoms with E-state index in [1.165, 1.54) is 0 Å². The topological polar surface area (TPSA) is 74.6 Å². The van der Waals surface area contributed by atoms with E-state index >= 15 is 0 Å². The fourth-order valence-electron chi connectivity index (χ4n) is 2.87. The van der Waals surface area contributed by atoms with Crippen LogP contribution in [-0.2, 0) is 0 Å². The zero-order chi connectivity index (χ0) is 15.3. The molecule has 2 aromatic carbocycles. The molecular weight excluding hydrogens is 268 g/mol. The zero-order valence-electron chi connectivity index (χ0n) is 11.7. The molecule has 2 aromatic rings. The van der Waals surface area contributed by atoms with Crippen LogP contribution in [0.4, 0.5) is 0 Å². The fourth-order valence-corrected chi connectivity index (χ4v) is 2.87. The molecule has 0 bridgehead atoms. The third-order valence-electron chi connectivity index (χ3n) is 3.77. The maximum Gasteiger partial charge on any atom is 0.198 e. The van der Waals surface area contributed by atoms with E-state index in [2.05, 4.69) is 0 Å². The summed E-state index contributed by atoms with van der Waals surface area (Å²) >= 11 is 0. The van der Waals surface area contributed by atoms with Gasteiger partial charge in [-0.05, 0) is 5.92 Å². The van der Waals surface area contributed by atoms with E-state index in [-0.39, 0.29) is 45.7 Å². The van der Waals surface area contributed by atoms with E-state index < -0.39 is 0 Å². The highest BCUT2D eigenvalue weighted by molar-refractivity contribution is 6.30. The molecule has 0 amide bonds. The molecule has 0 unspecified atom stereocenters. The first-order valence-electron chi connectivity index (χ1n) is 6.70. The smallest absolute Gasteiger partial charge is 0.198 e. The molecular formula is C17H14O4. The lowest BCUT2D eigenvalue weighted by Crippen LogP contribution is -2.23. The summed E-state index contributed by atoms with van der Waals surface area (Å²) in [5.41, 5.74) is 1.09. The molecule has 1 aliphatic carbocycles. The molecule has 0 fully saturated rings. The molecule has 0 atom stereocenters. The number of carbonyl (C=O) groups is 2. The van der Waals surface area contributed by atoms with Crippen LogP contribution in [0, 0.1) is 0 Å². The summed E-state index contributed by atoms with van der Waals surface area (Å²) in [6, 6.07) is 7.65. The minimum Gasteiger partial charge on any atom is -0.507 e. The number of benzene rings is 2. The van der Waals surface area contributed by atoms with Gasteiger partial charge in [-0.25, -0.2) is 0 Å². The zero-order valence-corrected chi connectivity index (χ0v) is 11.7. The van der Waals surface area contributed by atoms with Gasteiger partial charge in [0.2, 0.25) is 0 Å². The Balaban J connectivity index is 2.42. The van der Waals surface area contributed by atoms with Crippen molar-refractivity contribution >= 4 is 11.6 Å². The van der Waals surface area contributed by atoms with Gasteiger partial charge < -0.3 is 10.2 Å². The first-order chi connectivity index (χ1) is 9.93. The summed E-state index contributed by atoms with van der Waals surface area (Å²) in [6.07, 6.45) is 0. The summed E-state index contributed by atoms with van der Waals surface area (Å²) in [4.78, 5) is 25.3. The molecule has 21 heavy (non-hydrogen) atoms. The van der Waals surface area contributed by atoms with E-state index in [1.807, 2.05) is 13.8 Å². The van der Waals surface area contributed by atoms with Crippen molar-refractivity contribution in [3.63, 3.8) is 0 Å². The highest BCUT2D eigenvalue weighted by Gasteiger charge is 2.35. The van der Waals surface area contributed by atoms with Crippen LogP contribution in [-0.4, -0.2) is 21.8 Å². The van der Waals surface area contributed by atoms with Gasteiger partial charge in [0, 0.05) is 28.3 Å². The molecule has 3 rings (SSSR count). The fraction of sp³-hybridized carbons (Fsp3) is 0.176. The van der Waals surface area contributed by atoms with Crippen LogP contribution >= 0.6 is 0 Å². The Kier molecular flexibility index (Phi) is 2.83. The van der Waals surface area contributed by atoms with Gasteiger partial charge in [0.25, 0.3) is 0 Å². The standard InChI is InChI=1S/C17H14O4/c1-8(2)13-11(18)7-12(19)14-15(13)17(21)10-6-4-3-5-9(10)16(14)20/h3-8,18-19H,1-2H3. The van der Waals surface area contributed by atoms with Crippen LogP contribution in [0.1, 0.15) is 57.2 Å². The number of hydrogen-bond donors (Lipinski definition) is 2. The van der Waals surface area contributed by atoms with Gasteiger partial charge in [-0.2, -0.15) is 0 Å². The van der Waals surface area contributed by atoms with Gasteiger partial charge in [0.1, 0.15) is 11.5 Å². The quantitative estimate of drug-likeness (QED) is 0.719.